The highest BCUT2D eigenvalue weighted by molar-refractivity contribution is 5.56. The Morgan fingerprint density at radius 2 is 2.00 bits per heavy atom. The van der Waals surface area contributed by atoms with E-state index in [0.717, 1.165) is 0 Å². The van der Waals surface area contributed by atoms with Crippen LogP contribution >= 0.6 is 0 Å². The van der Waals surface area contributed by atoms with E-state index in [2.05, 4.69) is 0 Å². The predicted molar refractivity (Wildman–Crippen MR) is 49.4 cm³/mol. The topological polar surface area (TPSA) is 86.7 Å². The van der Waals surface area contributed by atoms with E-state index in [-0.39, 0.29) is 23.8 Å². The number of aromatic hydroxyl groups is 2. The maximum Gasteiger partial charge on any atom is 0.157 e. The number of phenolic OH excluding ortho intramolecular Hbond substituents is 2. The van der Waals surface area contributed by atoms with Crippen LogP contribution in [0.2, 0.25) is 0 Å². The Bertz CT molecular complexity index is 334. The van der Waals surface area contributed by atoms with Gasteiger partial charge in [-0.1, -0.05) is 6.07 Å². The van der Waals surface area contributed by atoms with Crippen molar-refractivity contribution in [1.82, 2.24) is 0 Å². The first kappa shape index (κ1) is 9.41. The van der Waals surface area contributed by atoms with Crippen LogP contribution in [0.5, 0.6) is 11.5 Å². The number of benzene rings is 1. The predicted octanol–water partition coefficient (Wildman–Crippen LogP) is 0.955. The monoisotopic (exact) mass is 181 g/mol. The zero-order valence-electron chi connectivity index (χ0n) is 6.94. The molecule has 13 heavy (non-hydrogen) atoms. The summed E-state index contributed by atoms with van der Waals surface area (Å²) in [7, 11) is 0. The van der Waals surface area contributed by atoms with Gasteiger partial charge in [0.25, 0.3) is 0 Å². The lowest BCUT2D eigenvalue weighted by Gasteiger charge is -1.99. The zero-order valence-corrected chi connectivity index (χ0v) is 6.94. The SMILES string of the molecule is NCC(O)=Cc1ccc(O)c(O)c1. The lowest BCUT2D eigenvalue weighted by atomic mass is 10.2. The highest BCUT2D eigenvalue weighted by Gasteiger charge is 1.98. The summed E-state index contributed by atoms with van der Waals surface area (Å²) >= 11 is 0. The van der Waals surface area contributed by atoms with Crippen LogP contribution in [0.15, 0.2) is 24.0 Å². The first-order valence-corrected chi connectivity index (χ1v) is 3.75. The Kier molecular flexibility index (Phi) is 2.76. The van der Waals surface area contributed by atoms with Gasteiger partial charge in [-0.15, -0.1) is 0 Å². The molecule has 0 atom stereocenters. The van der Waals surface area contributed by atoms with Gasteiger partial charge >= 0.3 is 0 Å². The number of aliphatic hydroxyl groups is 1. The molecular formula is C9H11NO3. The number of hydrogen-bond acceptors (Lipinski definition) is 4. The van der Waals surface area contributed by atoms with Crippen LogP contribution in [0.4, 0.5) is 0 Å². The second kappa shape index (κ2) is 3.82. The van der Waals surface area contributed by atoms with E-state index in [1.807, 2.05) is 0 Å². The Balaban J connectivity index is 2.98. The average Bonchev–Trinajstić information content (AvgIpc) is 2.11. The van der Waals surface area contributed by atoms with Gasteiger partial charge < -0.3 is 21.1 Å². The summed E-state index contributed by atoms with van der Waals surface area (Å²) in [5.74, 6) is -0.395. The van der Waals surface area contributed by atoms with Crippen molar-refractivity contribution in [1.29, 1.82) is 0 Å². The minimum absolute atomic E-state index is 0.0186. The van der Waals surface area contributed by atoms with Gasteiger partial charge in [-0.3, -0.25) is 0 Å². The summed E-state index contributed by atoms with van der Waals surface area (Å²) in [6.07, 6.45) is 1.42. The van der Waals surface area contributed by atoms with Crippen LogP contribution in [0, 0.1) is 0 Å². The van der Waals surface area contributed by atoms with Crippen molar-refractivity contribution in [2.45, 2.75) is 0 Å². The third-order valence-corrected chi connectivity index (χ3v) is 1.54. The van der Waals surface area contributed by atoms with Gasteiger partial charge in [0.1, 0.15) is 5.76 Å². The van der Waals surface area contributed by atoms with Crippen molar-refractivity contribution in [2.75, 3.05) is 6.54 Å². The molecule has 0 amide bonds. The fourth-order valence-electron chi connectivity index (χ4n) is 0.882. The number of aliphatic hydroxyl groups excluding tert-OH is 1. The smallest absolute Gasteiger partial charge is 0.157 e. The van der Waals surface area contributed by atoms with Crippen molar-refractivity contribution < 1.29 is 15.3 Å². The molecule has 0 fully saturated rings. The number of phenols is 2. The number of rotatable bonds is 2. The molecule has 0 radical (unpaired) electrons. The third kappa shape index (κ3) is 2.38. The maximum atomic E-state index is 9.09. The molecule has 0 unspecified atom stereocenters. The molecule has 0 saturated carbocycles. The first-order valence-electron chi connectivity index (χ1n) is 3.75. The van der Waals surface area contributed by atoms with Crippen LogP contribution in [0.25, 0.3) is 6.08 Å². The molecule has 70 valence electrons. The van der Waals surface area contributed by atoms with Crippen molar-refractivity contribution in [2.24, 2.45) is 5.73 Å². The summed E-state index contributed by atoms with van der Waals surface area (Å²) < 4.78 is 0. The van der Waals surface area contributed by atoms with E-state index >= 15 is 0 Å². The summed E-state index contributed by atoms with van der Waals surface area (Å²) in [4.78, 5) is 0. The van der Waals surface area contributed by atoms with E-state index in [9.17, 15) is 0 Å². The highest BCUT2D eigenvalue weighted by atomic mass is 16.3. The van der Waals surface area contributed by atoms with Crippen molar-refractivity contribution in [3.05, 3.63) is 29.5 Å². The largest absolute Gasteiger partial charge is 0.511 e. The Morgan fingerprint density at radius 3 is 2.54 bits per heavy atom. The normalized spacial score (nSPS) is 11.6. The Morgan fingerprint density at radius 1 is 1.31 bits per heavy atom. The molecule has 0 aromatic heterocycles. The summed E-state index contributed by atoms with van der Waals surface area (Å²) in [5, 5.41) is 27.1. The standard InChI is InChI=1S/C9H11NO3/c10-5-7(11)3-6-1-2-8(12)9(13)4-6/h1-4,11-13H,5,10H2. The van der Waals surface area contributed by atoms with Gasteiger partial charge in [0, 0.05) is 0 Å². The molecule has 0 spiro atoms. The minimum Gasteiger partial charge on any atom is -0.511 e. The summed E-state index contributed by atoms with van der Waals surface area (Å²) in [6.45, 7) is 0.0433. The lowest BCUT2D eigenvalue weighted by molar-refractivity contribution is 0.403. The molecule has 5 N–H and O–H groups in total. The molecule has 1 aromatic rings. The van der Waals surface area contributed by atoms with E-state index in [1.165, 1.54) is 18.2 Å². The van der Waals surface area contributed by atoms with Crippen LogP contribution in [-0.2, 0) is 0 Å². The molecular weight excluding hydrogens is 170 g/mol. The van der Waals surface area contributed by atoms with Gasteiger partial charge in [0.05, 0.1) is 6.54 Å². The molecule has 1 aromatic carbocycles. The van der Waals surface area contributed by atoms with Crippen LogP contribution in [0.3, 0.4) is 0 Å². The maximum absolute atomic E-state index is 9.09. The fraction of sp³-hybridized carbons (Fsp3) is 0.111. The van der Waals surface area contributed by atoms with Gasteiger partial charge in [-0.05, 0) is 23.8 Å². The van der Waals surface area contributed by atoms with E-state index in [0.29, 0.717) is 5.56 Å². The van der Waals surface area contributed by atoms with Gasteiger partial charge in [-0.2, -0.15) is 0 Å². The molecule has 4 nitrogen and oxygen atoms in total. The zero-order chi connectivity index (χ0) is 9.84. The average molecular weight is 181 g/mol. The van der Waals surface area contributed by atoms with Crippen LogP contribution in [0.1, 0.15) is 5.56 Å². The Labute approximate surface area is 75.6 Å². The number of hydrogen-bond donors (Lipinski definition) is 4. The molecule has 0 aliphatic rings. The van der Waals surface area contributed by atoms with Crippen molar-refractivity contribution in [3.8, 4) is 11.5 Å². The summed E-state index contributed by atoms with van der Waals surface area (Å²) in [6, 6.07) is 4.23. The first-order chi connectivity index (χ1) is 6.13. The second-order valence-electron chi connectivity index (χ2n) is 2.59. The molecule has 0 aliphatic heterocycles. The second-order valence-corrected chi connectivity index (χ2v) is 2.59. The van der Waals surface area contributed by atoms with Gasteiger partial charge in [0.15, 0.2) is 11.5 Å². The molecule has 4 heteroatoms. The van der Waals surface area contributed by atoms with Gasteiger partial charge in [-0.25, -0.2) is 0 Å². The van der Waals surface area contributed by atoms with Crippen LogP contribution < -0.4 is 5.73 Å². The Hall–Kier alpha value is -1.68. The van der Waals surface area contributed by atoms with Gasteiger partial charge in [0.2, 0.25) is 0 Å². The molecule has 0 bridgehead atoms. The van der Waals surface area contributed by atoms with Crippen molar-refractivity contribution >= 4 is 6.08 Å². The third-order valence-electron chi connectivity index (χ3n) is 1.54. The van der Waals surface area contributed by atoms with Crippen LogP contribution in [-0.4, -0.2) is 21.9 Å². The molecule has 1 rings (SSSR count). The summed E-state index contributed by atoms with van der Waals surface area (Å²) in [5.41, 5.74) is 5.74. The highest BCUT2D eigenvalue weighted by Crippen LogP contribution is 2.25. The fourth-order valence-corrected chi connectivity index (χ4v) is 0.882. The molecule has 0 heterocycles. The minimum atomic E-state index is -0.224. The molecule has 0 aliphatic carbocycles. The van der Waals surface area contributed by atoms with E-state index in [4.69, 9.17) is 21.1 Å². The lowest BCUT2D eigenvalue weighted by Crippen LogP contribution is -2.01. The van der Waals surface area contributed by atoms with Crippen molar-refractivity contribution in [3.63, 3.8) is 0 Å². The number of nitrogens with two attached hydrogens (primary N) is 1. The quantitative estimate of drug-likeness (QED) is 0.404. The van der Waals surface area contributed by atoms with E-state index < -0.39 is 0 Å². The van der Waals surface area contributed by atoms with E-state index in [1.54, 1.807) is 6.07 Å². The molecule has 0 saturated heterocycles.